The van der Waals surface area contributed by atoms with Gasteiger partial charge in [-0.3, -0.25) is 9.35 Å². The van der Waals surface area contributed by atoms with Crippen molar-refractivity contribution in [3.63, 3.8) is 0 Å². The van der Waals surface area contributed by atoms with Crippen LogP contribution < -0.4 is 5.32 Å². The van der Waals surface area contributed by atoms with Gasteiger partial charge in [-0.05, 0) is 32.1 Å². The molecule has 0 radical (unpaired) electrons. The third kappa shape index (κ3) is 20.5. The largest absolute Gasteiger partial charge is 0.387 e. The van der Waals surface area contributed by atoms with Crippen molar-refractivity contribution in [1.82, 2.24) is 5.32 Å². The second kappa shape index (κ2) is 19.5. The molecule has 7 heteroatoms. The van der Waals surface area contributed by atoms with Gasteiger partial charge in [0.1, 0.15) is 0 Å². The Morgan fingerprint density at radius 1 is 0.839 bits per heavy atom. The monoisotopic (exact) mass is 459 g/mol. The van der Waals surface area contributed by atoms with E-state index in [0.717, 1.165) is 38.5 Å². The molecule has 2 atom stereocenters. The van der Waals surface area contributed by atoms with Crippen molar-refractivity contribution in [2.45, 2.75) is 116 Å². The molecular formula is C24H45NO5S. The third-order valence-corrected chi connectivity index (χ3v) is 5.91. The summed E-state index contributed by atoms with van der Waals surface area (Å²) in [7, 11) is -4.32. The fourth-order valence-electron chi connectivity index (χ4n) is 3.28. The third-order valence-electron chi connectivity index (χ3n) is 5.13. The maximum Gasteiger partial charge on any atom is 0.267 e. The zero-order valence-corrected chi connectivity index (χ0v) is 20.4. The maximum absolute atomic E-state index is 12.2. The van der Waals surface area contributed by atoms with Crippen LogP contribution in [-0.2, 0) is 14.9 Å². The average molecular weight is 460 g/mol. The first-order chi connectivity index (χ1) is 14.8. The minimum atomic E-state index is -4.32. The van der Waals surface area contributed by atoms with Crippen LogP contribution in [0, 0.1) is 0 Å². The molecule has 0 aliphatic rings. The maximum atomic E-state index is 12.2. The van der Waals surface area contributed by atoms with Gasteiger partial charge in [-0.1, -0.05) is 89.5 Å². The van der Waals surface area contributed by atoms with Crippen molar-refractivity contribution in [3.05, 3.63) is 24.3 Å². The molecule has 0 bridgehead atoms. The van der Waals surface area contributed by atoms with E-state index >= 15 is 0 Å². The van der Waals surface area contributed by atoms with E-state index in [-0.39, 0.29) is 12.3 Å². The Hall–Kier alpha value is -1.18. The second-order valence-electron chi connectivity index (χ2n) is 8.26. The summed E-state index contributed by atoms with van der Waals surface area (Å²) in [5, 5.41) is 12.9. The smallest absolute Gasteiger partial charge is 0.267 e. The first-order valence-corrected chi connectivity index (χ1v) is 13.6. The molecule has 31 heavy (non-hydrogen) atoms. The molecule has 0 aromatic heterocycles. The molecule has 0 aromatic rings. The van der Waals surface area contributed by atoms with Gasteiger partial charge in [-0.2, -0.15) is 8.42 Å². The molecule has 0 spiro atoms. The molecule has 0 saturated carbocycles. The number of carbonyl (C=O) groups excluding carboxylic acids is 1. The minimum absolute atomic E-state index is 0.287. The Kier molecular flexibility index (Phi) is 18.8. The molecule has 3 N–H and O–H groups in total. The molecule has 1 amide bonds. The molecule has 0 fully saturated rings. The lowest BCUT2D eigenvalue weighted by Crippen LogP contribution is -2.46. The summed E-state index contributed by atoms with van der Waals surface area (Å²) in [5.41, 5.74) is 0. The van der Waals surface area contributed by atoms with Crippen LogP contribution in [-0.4, -0.2) is 41.9 Å². The van der Waals surface area contributed by atoms with Gasteiger partial charge in [0.25, 0.3) is 10.1 Å². The highest BCUT2D eigenvalue weighted by Crippen LogP contribution is 2.09. The Labute approximate surface area is 190 Å². The first kappa shape index (κ1) is 29.8. The summed E-state index contributed by atoms with van der Waals surface area (Å²) in [6.45, 7) is 4.34. The van der Waals surface area contributed by atoms with E-state index in [0.29, 0.717) is 6.42 Å². The van der Waals surface area contributed by atoms with Crippen LogP contribution in [0.1, 0.15) is 104 Å². The van der Waals surface area contributed by atoms with Crippen LogP contribution in [0.5, 0.6) is 0 Å². The molecule has 0 aromatic carbocycles. The fraction of sp³-hybridized carbons (Fsp3) is 0.792. The number of aliphatic hydroxyl groups is 1. The summed E-state index contributed by atoms with van der Waals surface area (Å²) in [5.74, 6) is -1.01. The normalized spacial score (nSPS) is 14.3. The van der Waals surface area contributed by atoms with Crippen molar-refractivity contribution in [2.75, 3.05) is 5.75 Å². The zero-order valence-electron chi connectivity index (χ0n) is 19.6. The van der Waals surface area contributed by atoms with Crippen molar-refractivity contribution >= 4 is 16.0 Å². The van der Waals surface area contributed by atoms with Gasteiger partial charge in [-0.15, -0.1) is 0 Å². The highest BCUT2D eigenvalue weighted by molar-refractivity contribution is 7.85. The highest BCUT2D eigenvalue weighted by Gasteiger charge is 2.24. The van der Waals surface area contributed by atoms with E-state index in [1.807, 2.05) is 0 Å². The molecule has 2 unspecified atom stereocenters. The van der Waals surface area contributed by atoms with E-state index in [4.69, 9.17) is 0 Å². The Morgan fingerprint density at radius 2 is 1.39 bits per heavy atom. The number of aliphatic hydroxyl groups excluding tert-OH is 1. The number of unbranched alkanes of at least 4 members (excludes halogenated alkanes) is 10. The van der Waals surface area contributed by atoms with E-state index in [1.54, 1.807) is 6.08 Å². The Balaban J connectivity index is 4.36. The second-order valence-corrected chi connectivity index (χ2v) is 9.75. The van der Waals surface area contributed by atoms with E-state index in [2.05, 4.69) is 31.3 Å². The van der Waals surface area contributed by atoms with Crippen LogP contribution in [0.2, 0.25) is 0 Å². The molecule has 0 heterocycles. The van der Waals surface area contributed by atoms with Crippen molar-refractivity contribution in [2.24, 2.45) is 0 Å². The number of rotatable bonds is 20. The number of carbonyl (C=O) groups is 1. The van der Waals surface area contributed by atoms with Crippen molar-refractivity contribution in [3.8, 4) is 0 Å². The van der Waals surface area contributed by atoms with Gasteiger partial charge in [0, 0.05) is 6.42 Å². The summed E-state index contributed by atoms with van der Waals surface area (Å²) in [6.07, 6.45) is 20.5. The van der Waals surface area contributed by atoms with Crippen molar-refractivity contribution in [1.29, 1.82) is 0 Å². The van der Waals surface area contributed by atoms with E-state index in [9.17, 15) is 22.9 Å². The number of nitrogens with one attached hydrogen (secondary N) is 1. The van der Waals surface area contributed by atoms with Gasteiger partial charge in [0.2, 0.25) is 5.91 Å². The van der Waals surface area contributed by atoms with Gasteiger partial charge in [0.15, 0.2) is 0 Å². The molecule has 0 rings (SSSR count). The van der Waals surface area contributed by atoms with Crippen LogP contribution in [0.15, 0.2) is 24.3 Å². The summed E-state index contributed by atoms with van der Waals surface area (Å²) >= 11 is 0. The molecule has 6 nitrogen and oxygen atoms in total. The van der Waals surface area contributed by atoms with E-state index < -0.39 is 28.0 Å². The Morgan fingerprint density at radius 3 is 2.03 bits per heavy atom. The number of amides is 1. The molecule has 0 aliphatic heterocycles. The van der Waals surface area contributed by atoms with Crippen LogP contribution in [0.25, 0.3) is 0 Å². The first-order valence-electron chi connectivity index (χ1n) is 12.0. The summed E-state index contributed by atoms with van der Waals surface area (Å²) in [6, 6.07) is -1.06. The van der Waals surface area contributed by atoms with Gasteiger partial charge >= 0.3 is 0 Å². The predicted octanol–water partition coefficient (Wildman–Crippen LogP) is 5.33. The predicted molar refractivity (Wildman–Crippen MR) is 129 cm³/mol. The number of hydrogen-bond acceptors (Lipinski definition) is 4. The number of allylic oxidation sites excluding steroid dienone is 3. The highest BCUT2D eigenvalue weighted by atomic mass is 32.2. The fourth-order valence-corrected chi connectivity index (χ4v) is 4.02. The van der Waals surface area contributed by atoms with Gasteiger partial charge in [0.05, 0.1) is 17.9 Å². The zero-order chi connectivity index (χ0) is 23.4. The average Bonchev–Trinajstić information content (AvgIpc) is 2.70. The van der Waals surface area contributed by atoms with Crippen LogP contribution >= 0.6 is 0 Å². The van der Waals surface area contributed by atoms with Crippen molar-refractivity contribution < 1.29 is 22.9 Å². The van der Waals surface area contributed by atoms with Crippen LogP contribution in [0.4, 0.5) is 0 Å². The molecule has 0 saturated heterocycles. The van der Waals surface area contributed by atoms with Crippen LogP contribution in [0.3, 0.4) is 0 Å². The summed E-state index contributed by atoms with van der Waals surface area (Å²) in [4.78, 5) is 12.2. The summed E-state index contributed by atoms with van der Waals surface area (Å²) < 4.78 is 31.8. The quantitative estimate of drug-likeness (QED) is 0.130. The molecular weight excluding hydrogens is 414 g/mol. The Bertz CT molecular complexity index is 601. The van der Waals surface area contributed by atoms with Gasteiger partial charge < -0.3 is 10.4 Å². The number of hydrogen-bond donors (Lipinski definition) is 3. The molecule has 182 valence electrons. The topological polar surface area (TPSA) is 104 Å². The van der Waals surface area contributed by atoms with Gasteiger partial charge in [-0.25, -0.2) is 0 Å². The lowest BCUT2D eigenvalue weighted by molar-refractivity contribution is -0.122. The SMILES string of the molecule is CCCCC/C=C/CC/C=C/C(O)C(CS(=O)(=O)O)NC(=O)CCCCCCCCC. The molecule has 0 aliphatic carbocycles. The van der Waals surface area contributed by atoms with E-state index in [1.165, 1.54) is 44.6 Å². The minimum Gasteiger partial charge on any atom is -0.387 e. The standard InChI is InChI=1S/C24H45NO5S/c1-3-5-7-9-11-12-14-15-17-19-23(26)22(21-31(28,29)30)25-24(27)20-18-16-13-10-8-6-4-2/h11-12,17,19,22-23,26H,3-10,13-16,18,20-21H2,1-2H3,(H,25,27)(H,28,29,30)/b12-11+,19-17+. The lowest BCUT2D eigenvalue weighted by atomic mass is 10.1. The lowest BCUT2D eigenvalue weighted by Gasteiger charge is -2.21.